The maximum Gasteiger partial charge on any atom is 0.249 e. The highest BCUT2D eigenvalue weighted by molar-refractivity contribution is 5.92. The Morgan fingerprint density at radius 2 is 2.03 bits per heavy atom. The number of halogens is 2. The van der Waals surface area contributed by atoms with Gasteiger partial charge in [-0.1, -0.05) is 6.07 Å². The molecule has 2 amide bonds. The molecular formula is C22H27F2N5O2. The van der Waals surface area contributed by atoms with Gasteiger partial charge in [0.2, 0.25) is 17.8 Å². The minimum Gasteiger partial charge on any atom is -0.341 e. The standard InChI is InChI=1S/C22H27F2N5O2/c23-9-7-16(11-24)20(31)28-12-22(13-28)8-6-15(10-22)17-2-1-3-18-25-21(27-29(17)18)26-19(30)14-4-5-14/h1-3,14-16H,4-13H2,(H,26,27,30)/t15-,16+/m0/s1. The van der Waals surface area contributed by atoms with Gasteiger partial charge in [0, 0.05) is 36.0 Å². The van der Waals surface area contributed by atoms with Gasteiger partial charge in [0.25, 0.3) is 0 Å². The van der Waals surface area contributed by atoms with Crippen LogP contribution in [-0.4, -0.2) is 57.8 Å². The number of anilines is 1. The van der Waals surface area contributed by atoms with Gasteiger partial charge in [-0.15, -0.1) is 5.10 Å². The Kier molecular flexibility index (Phi) is 5.14. The Balaban J connectivity index is 1.26. The highest BCUT2D eigenvalue weighted by Crippen LogP contribution is 2.52. The predicted octanol–water partition coefficient (Wildman–Crippen LogP) is 3.12. The Labute approximate surface area is 179 Å². The summed E-state index contributed by atoms with van der Waals surface area (Å²) >= 11 is 0. The van der Waals surface area contributed by atoms with E-state index in [0.29, 0.717) is 24.7 Å². The van der Waals surface area contributed by atoms with Crippen molar-refractivity contribution < 1.29 is 18.4 Å². The van der Waals surface area contributed by atoms with Crippen molar-refractivity contribution in [3.05, 3.63) is 23.9 Å². The maximum absolute atomic E-state index is 13.1. The summed E-state index contributed by atoms with van der Waals surface area (Å²) in [4.78, 5) is 30.6. The molecule has 0 radical (unpaired) electrons. The molecule has 2 atom stereocenters. The first kappa shape index (κ1) is 20.3. The number of pyridine rings is 1. The van der Waals surface area contributed by atoms with Crippen molar-refractivity contribution in [1.29, 1.82) is 0 Å². The van der Waals surface area contributed by atoms with Crippen LogP contribution >= 0.6 is 0 Å². The van der Waals surface area contributed by atoms with E-state index < -0.39 is 19.3 Å². The number of nitrogens with one attached hydrogen (secondary N) is 1. The lowest BCUT2D eigenvalue weighted by atomic mass is 9.76. The third kappa shape index (κ3) is 3.78. The molecule has 166 valence electrons. The van der Waals surface area contributed by atoms with E-state index in [2.05, 4.69) is 15.4 Å². The molecule has 5 rings (SSSR count). The van der Waals surface area contributed by atoms with Crippen molar-refractivity contribution in [1.82, 2.24) is 19.5 Å². The van der Waals surface area contributed by atoms with Gasteiger partial charge in [0.05, 0.1) is 12.6 Å². The van der Waals surface area contributed by atoms with Gasteiger partial charge >= 0.3 is 0 Å². The van der Waals surface area contributed by atoms with Gasteiger partial charge in [-0.3, -0.25) is 23.7 Å². The van der Waals surface area contributed by atoms with E-state index in [4.69, 9.17) is 0 Å². The molecule has 2 saturated carbocycles. The van der Waals surface area contributed by atoms with E-state index in [1.807, 2.05) is 22.7 Å². The molecule has 7 nitrogen and oxygen atoms in total. The van der Waals surface area contributed by atoms with E-state index in [0.717, 1.165) is 37.8 Å². The van der Waals surface area contributed by atoms with Crippen LogP contribution in [-0.2, 0) is 9.59 Å². The molecule has 1 N–H and O–H groups in total. The van der Waals surface area contributed by atoms with Crippen LogP contribution < -0.4 is 5.32 Å². The van der Waals surface area contributed by atoms with Gasteiger partial charge in [0.1, 0.15) is 6.67 Å². The average molecular weight is 431 g/mol. The van der Waals surface area contributed by atoms with Crippen LogP contribution in [0.15, 0.2) is 18.2 Å². The number of carbonyl (C=O) groups is 2. The summed E-state index contributed by atoms with van der Waals surface area (Å²) in [7, 11) is 0. The Morgan fingerprint density at radius 3 is 2.74 bits per heavy atom. The Morgan fingerprint density at radius 1 is 1.23 bits per heavy atom. The lowest BCUT2D eigenvalue weighted by Crippen LogP contribution is -2.58. The summed E-state index contributed by atoms with van der Waals surface area (Å²) in [5.74, 6) is -0.431. The van der Waals surface area contributed by atoms with Crippen molar-refractivity contribution in [2.24, 2.45) is 17.3 Å². The van der Waals surface area contributed by atoms with E-state index in [-0.39, 0.29) is 35.5 Å². The van der Waals surface area contributed by atoms with Crippen molar-refractivity contribution in [3.63, 3.8) is 0 Å². The van der Waals surface area contributed by atoms with Gasteiger partial charge in [-0.05, 0) is 50.7 Å². The molecule has 1 saturated heterocycles. The van der Waals surface area contributed by atoms with Gasteiger partial charge in [-0.2, -0.15) is 4.98 Å². The second-order valence-electron chi connectivity index (χ2n) is 9.38. The largest absolute Gasteiger partial charge is 0.341 e. The number of aromatic nitrogens is 3. The molecule has 2 aromatic rings. The lowest BCUT2D eigenvalue weighted by Gasteiger charge is -2.49. The lowest BCUT2D eigenvalue weighted by molar-refractivity contribution is -0.148. The molecule has 3 heterocycles. The SMILES string of the molecule is O=C(Nc1nc2cccc([C@H]3CCC4(C3)CN(C(=O)[C@@H](CF)CCF)C4)n2n1)C1CC1. The fourth-order valence-electron chi connectivity index (χ4n) is 5.17. The number of nitrogens with zero attached hydrogens (tertiary/aromatic N) is 4. The van der Waals surface area contributed by atoms with Crippen molar-refractivity contribution >= 4 is 23.4 Å². The fourth-order valence-corrected chi connectivity index (χ4v) is 5.17. The first-order valence-electron chi connectivity index (χ1n) is 11.1. The Hall–Kier alpha value is -2.58. The molecule has 31 heavy (non-hydrogen) atoms. The number of likely N-dealkylation sites (tertiary alicyclic amines) is 1. The zero-order valence-corrected chi connectivity index (χ0v) is 17.4. The van der Waals surface area contributed by atoms with Crippen LogP contribution in [0.3, 0.4) is 0 Å². The molecule has 0 aromatic carbocycles. The summed E-state index contributed by atoms with van der Waals surface area (Å²) < 4.78 is 27.5. The van der Waals surface area contributed by atoms with Gasteiger partial charge < -0.3 is 4.90 Å². The number of amides is 2. The van der Waals surface area contributed by atoms with Crippen molar-refractivity contribution in [2.75, 3.05) is 31.8 Å². The molecule has 2 aromatic heterocycles. The summed E-state index contributed by atoms with van der Waals surface area (Å²) in [5, 5.41) is 7.34. The fraction of sp³-hybridized carbons (Fsp3) is 0.636. The zero-order valence-electron chi connectivity index (χ0n) is 17.4. The predicted molar refractivity (Wildman–Crippen MR) is 110 cm³/mol. The first-order valence-corrected chi connectivity index (χ1v) is 11.1. The summed E-state index contributed by atoms with van der Waals surface area (Å²) in [6, 6.07) is 5.87. The number of carbonyl (C=O) groups excluding carboxylic acids is 2. The van der Waals surface area contributed by atoms with Crippen LogP contribution in [0.4, 0.5) is 14.7 Å². The highest BCUT2D eigenvalue weighted by Gasteiger charge is 2.51. The molecule has 2 aliphatic carbocycles. The van der Waals surface area contributed by atoms with Crippen molar-refractivity contribution in [3.8, 4) is 0 Å². The minimum absolute atomic E-state index is 0.0177. The molecule has 1 aliphatic heterocycles. The monoisotopic (exact) mass is 431 g/mol. The number of alkyl halides is 2. The third-order valence-electron chi connectivity index (χ3n) is 7.05. The van der Waals surface area contributed by atoms with Crippen LogP contribution in [0.5, 0.6) is 0 Å². The number of fused-ring (bicyclic) bond motifs is 1. The van der Waals surface area contributed by atoms with Crippen LogP contribution in [0.2, 0.25) is 0 Å². The molecular weight excluding hydrogens is 404 g/mol. The quantitative estimate of drug-likeness (QED) is 0.731. The van der Waals surface area contributed by atoms with Crippen molar-refractivity contribution in [2.45, 2.75) is 44.4 Å². The molecule has 0 bridgehead atoms. The van der Waals surface area contributed by atoms with Crippen LogP contribution in [0.1, 0.15) is 50.1 Å². The summed E-state index contributed by atoms with van der Waals surface area (Å²) in [5.41, 5.74) is 1.80. The van der Waals surface area contributed by atoms with Gasteiger partial charge in [-0.25, -0.2) is 4.52 Å². The highest BCUT2D eigenvalue weighted by atomic mass is 19.1. The van der Waals surface area contributed by atoms with E-state index in [1.165, 1.54) is 0 Å². The number of hydrogen-bond donors (Lipinski definition) is 1. The normalized spacial score (nSPS) is 23.2. The van der Waals surface area contributed by atoms with E-state index in [1.54, 1.807) is 4.90 Å². The molecule has 0 unspecified atom stereocenters. The second kappa shape index (κ2) is 7.84. The van der Waals surface area contributed by atoms with E-state index >= 15 is 0 Å². The third-order valence-corrected chi connectivity index (χ3v) is 7.05. The summed E-state index contributed by atoms with van der Waals surface area (Å²) in [6.45, 7) is -0.252. The number of hydrogen-bond acceptors (Lipinski definition) is 4. The van der Waals surface area contributed by atoms with Crippen LogP contribution in [0.25, 0.3) is 5.65 Å². The topological polar surface area (TPSA) is 79.6 Å². The zero-order chi connectivity index (χ0) is 21.6. The minimum atomic E-state index is -0.854. The summed E-state index contributed by atoms with van der Waals surface area (Å²) in [6.07, 6.45) is 4.68. The van der Waals surface area contributed by atoms with E-state index in [9.17, 15) is 18.4 Å². The smallest absolute Gasteiger partial charge is 0.249 e. The second-order valence-corrected chi connectivity index (χ2v) is 9.38. The molecule has 3 fully saturated rings. The van der Waals surface area contributed by atoms with Gasteiger partial charge in [0.15, 0.2) is 5.65 Å². The Bertz CT molecular complexity index is 999. The number of rotatable bonds is 7. The van der Waals surface area contributed by atoms with Crippen LogP contribution in [0, 0.1) is 17.3 Å². The average Bonchev–Trinajstić information content (AvgIpc) is 3.37. The maximum atomic E-state index is 13.1. The first-order chi connectivity index (χ1) is 15.0. The molecule has 9 heteroatoms. The molecule has 1 spiro atoms. The molecule has 3 aliphatic rings.